The molecule has 0 atom stereocenters. The van der Waals surface area contributed by atoms with Gasteiger partial charge in [-0.25, -0.2) is 4.79 Å². The van der Waals surface area contributed by atoms with E-state index in [1.54, 1.807) is 0 Å². The molecule has 7 heteroatoms. The van der Waals surface area contributed by atoms with Gasteiger partial charge in [-0.2, -0.15) is 0 Å². The number of hydrogen-bond donors (Lipinski definition) is 3. The molecular weight excluding hydrogens is 372 g/mol. The largest absolute Gasteiger partial charge is 0.466 e. The molecule has 0 radical (unpaired) electrons. The first-order valence-corrected chi connectivity index (χ1v) is 11.4. The van der Waals surface area contributed by atoms with E-state index in [2.05, 4.69) is 10.1 Å². The van der Waals surface area contributed by atoms with Gasteiger partial charge in [0, 0.05) is 25.6 Å². The van der Waals surface area contributed by atoms with Crippen molar-refractivity contribution in [2.24, 2.45) is 17.6 Å². The van der Waals surface area contributed by atoms with Crippen molar-refractivity contribution in [2.75, 3.05) is 19.8 Å². The molecule has 0 bridgehead atoms. The van der Waals surface area contributed by atoms with Crippen molar-refractivity contribution < 1.29 is 24.2 Å². The molecule has 2 aliphatic rings. The molecule has 0 heterocycles. The predicted octanol–water partition coefficient (Wildman–Crippen LogP) is 3.52. The highest BCUT2D eigenvalue weighted by Crippen LogP contribution is 2.35. The Morgan fingerprint density at radius 3 is 2.07 bits per heavy atom. The first kappa shape index (κ1) is 25.7. The lowest BCUT2D eigenvalue weighted by atomic mass is 9.76. The Morgan fingerprint density at radius 1 is 0.966 bits per heavy atom. The number of nitrogens with two attached hydrogens (primary N) is 1. The molecule has 0 spiro atoms. The normalized spacial score (nSPS) is 26.6. The Bertz CT molecular complexity index is 444. The number of rotatable bonds is 8. The van der Waals surface area contributed by atoms with Crippen LogP contribution in [-0.2, 0) is 14.3 Å². The van der Waals surface area contributed by atoms with E-state index in [-0.39, 0.29) is 18.7 Å². The van der Waals surface area contributed by atoms with Crippen LogP contribution in [0, 0.1) is 11.8 Å². The third-order valence-electron chi connectivity index (χ3n) is 5.86. The van der Waals surface area contributed by atoms with Gasteiger partial charge < -0.3 is 25.6 Å². The second-order valence-corrected chi connectivity index (χ2v) is 8.37. The van der Waals surface area contributed by atoms with Gasteiger partial charge in [0.15, 0.2) is 0 Å². The Morgan fingerprint density at radius 2 is 1.55 bits per heavy atom. The standard InChI is InChI=1S/C16H30N2O2.C6H12O3/c1-2-20-16(19)18-15-9-5-13(6-10-15)11-12-3-7-14(17)8-4-12;1-6(8)9-5-3-2-4-7/h12-15H,2-11,17H2,1H3,(H,18,19);7H,2-5H2,1H3. The molecular formula is C22H42N2O5. The number of esters is 1. The topological polar surface area (TPSA) is 111 Å². The average Bonchev–Trinajstić information content (AvgIpc) is 2.69. The summed E-state index contributed by atoms with van der Waals surface area (Å²) in [4.78, 5) is 21.5. The summed E-state index contributed by atoms with van der Waals surface area (Å²) in [6.45, 7) is 4.26. The number of hydrogen-bond acceptors (Lipinski definition) is 6. The fraction of sp³-hybridized carbons (Fsp3) is 0.909. The van der Waals surface area contributed by atoms with Crippen LogP contribution in [0.1, 0.15) is 84.5 Å². The van der Waals surface area contributed by atoms with Crippen LogP contribution < -0.4 is 11.1 Å². The van der Waals surface area contributed by atoms with E-state index in [1.807, 2.05) is 6.92 Å². The molecule has 29 heavy (non-hydrogen) atoms. The van der Waals surface area contributed by atoms with Crippen molar-refractivity contribution >= 4 is 12.1 Å². The van der Waals surface area contributed by atoms with E-state index in [0.29, 0.717) is 31.7 Å². The lowest BCUT2D eigenvalue weighted by molar-refractivity contribution is -0.141. The SMILES string of the molecule is CC(=O)OCCCCO.CCOC(=O)NC1CCC(CC2CCC(N)CC2)CC1. The summed E-state index contributed by atoms with van der Waals surface area (Å²) in [6, 6.07) is 0.779. The molecule has 0 unspecified atom stereocenters. The van der Waals surface area contributed by atoms with Crippen molar-refractivity contribution in [3.8, 4) is 0 Å². The Hall–Kier alpha value is -1.34. The number of nitrogens with one attached hydrogen (secondary N) is 1. The van der Waals surface area contributed by atoms with Gasteiger partial charge in [-0.15, -0.1) is 0 Å². The maximum Gasteiger partial charge on any atom is 0.407 e. The summed E-state index contributed by atoms with van der Waals surface area (Å²) in [5, 5.41) is 11.3. The number of aliphatic hydroxyl groups is 1. The van der Waals surface area contributed by atoms with Crippen LogP contribution >= 0.6 is 0 Å². The fourth-order valence-electron chi connectivity index (χ4n) is 4.21. The van der Waals surface area contributed by atoms with Gasteiger partial charge in [-0.3, -0.25) is 4.79 Å². The van der Waals surface area contributed by atoms with Crippen molar-refractivity contribution in [2.45, 2.75) is 96.6 Å². The summed E-state index contributed by atoms with van der Waals surface area (Å²) in [5.41, 5.74) is 5.97. The fourth-order valence-corrected chi connectivity index (χ4v) is 4.21. The molecule has 2 saturated carbocycles. The zero-order chi connectivity index (χ0) is 21.5. The Labute approximate surface area is 176 Å². The van der Waals surface area contributed by atoms with Crippen LogP contribution in [0.4, 0.5) is 4.79 Å². The number of unbranched alkanes of at least 4 members (excludes halogenated alkanes) is 1. The van der Waals surface area contributed by atoms with E-state index in [4.69, 9.17) is 15.6 Å². The molecule has 2 fully saturated rings. The molecule has 7 nitrogen and oxygen atoms in total. The summed E-state index contributed by atoms with van der Waals surface area (Å²) in [6.07, 6.45) is 12.4. The number of carbonyl (C=O) groups excluding carboxylic acids is 2. The number of aliphatic hydroxyl groups excluding tert-OH is 1. The van der Waals surface area contributed by atoms with Crippen LogP contribution in [0.5, 0.6) is 0 Å². The lowest BCUT2D eigenvalue weighted by Gasteiger charge is -2.33. The minimum Gasteiger partial charge on any atom is -0.466 e. The van der Waals surface area contributed by atoms with Crippen LogP contribution in [0.2, 0.25) is 0 Å². The van der Waals surface area contributed by atoms with Crippen molar-refractivity contribution in [1.82, 2.24) is 5.32 Å². The number of ether oxygens (including phenoxy) is 2. The smallest absolute Gasteiger partial charge is 0.407 e. The van der Waals surface area contributed by atoms with E-state index >= 15 is 0 Å². The van der Waals surface area contributed by atoms with E-state index < -0.39 is 0 Å². The highest BCUT2D eigenvalue weighted by molar-refractivity contribution is 5.67. The molecule has 0 aromatic rings. The number of carbonyl (C=O) groups is 2. The maximum atomic E-state index is 11.4. The minimum absolute atomic E-state index is 0.168. The predicted molar refractivity (Wildman–Crippen MR) is 113 cm³/mol. The second kappa shape index (κ2) is 15.5. The first-order valence-electron chi connectivity index (χ1n) is 11.4. The molecule has 0 aromatic carbocycles. The summed E-state index contributed by atoms with van der Waals surface area (Å²) < 4.78 is 9.54. The monoisotopic (exact) mass is 414 g/mol. The van der Waals surface area contributed by atoms with Crippen LogP contribution in [0.25, 0.3) is 0 Å². The number of alkyl carbamates (subject to hydrolysis) is 1. The first-order chi connectivity index (χ1) is 13.9. The van der Waals surface area contributed by atoms with Crippen molar-refractivity contribution in [3.05, 3.63) is 0 Å². The third kappa shape index (κ3) is 12.7. The van der Waals surface area contributed by atoms with Crippen molar-refractivity contribution in [3.63, 3.8) is 0 Å². The van der Waals surface area contributed by atoms with Gasteiger partial charge in [0.1, 0.15) is 0 Å². The lowest BCUT2D eigenvalue weighted by Crippen LogP contribution is -2.38. The van der Waals surface area contributed by atoms with Gasteiger partial charge in [0.25, 0.3) is 0 Å². The molecule has 1 amide bonds. The van der Waals surface area contributed by atoms with E-state index in [1.165, 1.54) is 51.9 Å². The number of amides is 1. The third-order valence-corrected chi connectivity index (χ3v) is 5.86. The Balaban J connectivity index is 0.000000396. The summed E-state index contributed by atoms with van der Waals surface area (Å²) >= 11 is 0. The van der Waals surface area contributed by atoms with E-state index in [9.17, 15) is 9.59 Å². The molecule has 2 aliphatic carbocycles. The maximum absolute atomic E-state index is 11.4. The van der Waals surface area contributed by atoms with Gasteiger partial charge in [-0.05, 0) is 89.4 Å². The molecule has 0 aromatic heterocycles. The van der Waals surface area contributed by atoms with Crippen LogP contribution in [0.3, 0.4) is 0 Å². The Kier molecular flexibility index (Phi) is 13.7. The van der Waals surface area contributed by atoms with Gasteiger partial charge in [0.2, 0.25) is 0 Å². The minimum atomic E-state index is -0.257. The van der Waals surface area contributed by atoms with Gasteiger partial charge >= 0.3 is 12.1 Å². The molecule has 0 saturated heterocycles. The van der Waals surface area contributed by atoms with Crippen LogP contribution in [0.15, 0.2) is 0 Å². The summed E-state index contributed by atoms with van der Waals surface area (Å²) in [5.74, 6) is 1.50. The highest BCUT2D eigenvalue weighted by atomic mass is 16.5. The molecule has 4 N–H and O–H groups in total. The average molecular weight is 415 g/mol. The zero-order valence-electron chi connectivity index (χ0n) is 18.4. The quantitative estimate of drug-likeness (QED) is 0.414. The van der Waals surface area contributed by atoms with Crippen molar-refractivity contribution in [1.29, 1.82) is 0 Å². The molecule has 170 valence electrons. The summed E-state index contributed by atoms with van der Waals surface area (Å²) in [7, 11) is 0. The zero-order valence-corrected chi connectivity index (χ0v) is 18.4. The van der Waals surface area contributed by atoms with Gasteiger partial charge in [0.05, 0.1) is 13.2 Å². The van der Waals surface area contributed by atoms with E-state index in [0.717, 1.165) is 31.1 Å². The van der Waals surface area contributed by atoms with Crippen LogP contribution in [-0.4, -0.2) is 49.1 Å². The highest BCUT2D eigenvalue weighted by Gasteiger charge is 2.26. The second-order valence-electron chi connectivity index (χ2n) is 8.37. The van der Waals surface area contributed by atoms with Gasteiger partial charge in [-0.1, -0.05) is 0 Å². The molecule has 2 rings (SSSR count). The molecule has 0 aliphatic heterocycles.